The van der Waals surface area contributed by atoms with Gasteiger partial charge in [0.1, 0.15) is 28.8 Å². The van der Waals surface area contributed by atoms with Crippen molar-refractivity contribution in [2.24, 2.45) is 11.3 Å². The zero-order chi connectivity index (χ0) is 16.3. The first-order valence-electron chi connectivity index (χ1n) is 7.22. The number of hydrogen-bond donors (Lipinski definition) is 1. The van der Waals surface area contributed by atoms with Crippen molar-refractivity contribution in [1.29, 1.82) is 15.8 Å². The molecule has 1 N–H and O–H groups in total. The molecule has 5 heteroatoms. The Labute approximate surface area is 135 Å². The molecule has 1 aromatic rings. The zero-order valence-corrected chi connectivity index (χ0v) is 13.8. The van der Waals surface area contributed by atoms with Crippen molar-refractivity contribution in [3.63, 3.8) is 0 Å². The third-order valence-corrected chi connectivity index (χ3v) is 5.38. The van der Waals surface area contributed by atoms with Crippen LogP contribution < -0.4 is 5.32 Å². The summed E-state index contributed by atoms with van der Waals surface area (Å²) in [4.78, 5) is 1.26. The molecule has 112 valence electrons. The molecule has 1 atom stereocenters. The normalized spacial score (nSPS) is 16.6. The van der Waals surface area contributed by atoms with E-state index < -0.39 is 0 Å². The quantitative estimate of drug-likeness (QED) is 0.833. The van der Waals surface area contributed by atoms with Crippen molar-refractivity contribution in [2.75, 3.05) is 5.32 Å². The topological polar surface area (TPSA) is 83.4 Å². The largest absolute Gasteiger partial charge is 0.350 e. The highest BCUT2D eigenvalue weighted by Gasteiger charge is 2.32. The number of rotatable bonds is 2. The number of anilines is 1. The average molecular weight is 310 g/mol. The predicted molar refractivity (Wildman–Crippen MR) is 86.9 cm³/mol. The van der Waals surface area contributed by atoms with Gasteiger partial charge in [-0.15, -0.1) is 11.3 Å². The van der Waals surface area contributed by atoms with Crippen LogP contribution in [0.3, 0.4) is 0 Å². The van der Waals surface area contributed by atoms with Gasteiger partial charge in [-0.2, -0.15) is 15.8 Å². The molecule has 22 heavy (non-hydrogen) atoms. The van der Waals surface area contributed by atoms with Gasteiger partial charge in [0.25, 0.3) is 0 Å². The number of hydrogen-bond acceptors (Lipinski definition) is 5. The molecule has 0 unspecified atom stereocenters. The van der Waals surface area contributed by atoms with Gasteiger partial charge in [-0.1, -0.05) is 20.8 Å². The Morgan fingerprint density at radius 1 is 1.27 bits per heavy atom. The highest BCUT2D eigenvalue weighted by molar-refractivity contribution is 7.16. The fraction of sp³-hybridized carbons (Fsp3) is 0.471. The van der Waals surface area contributed by atoms with E-state index in [4.69, 9.17) is 10.5 Å². The van der Waals surface area contributed by atoms with Crippen LogP contribution in [-0.4, -0.2) is 0 Å². The van der Waals surface area contributed by atoms with Crippen LogP contribution >= 0.6 is 11.3 Å². The summed E-state index contributed by atoms with van der Waals surface area (Å²) in [5, 5.41) is 30.7. The molecule has 0 saturated carbocycles. The number of allylic oxidation sites excluding steroid dienone is 1. The van der Waals surface area contributed by atoms with E-state index in [1.54, 1.807) is 11.3 Å². The molecule has 0 saturated heterocycles. The monoisotopic (exact) mass is 310 g/mol. The molecule has 0 fully saturated rings. The van der Waals surface area contributed by atoms with E-state index in [0.29, 0.717) is 11.5 Å². The molecule has 2 rings (SSSR count). The van der Waals surface area contributed by atoms with Crippen LogP contribution in [0.4, 0.5) is 5.00 Å². The Bertz CT molecular complexity index is 713. The maximum atomic E-state index is 9.43. The standard InChI is InChI=1S/C17H18N4S/c1-17(2,3)12-4-5-13-14(9-20)16(22-15(13)6-12)21-10-11(7-18)8-19/h10,12,21H,4-6H2,1-3H3/t12-/m0/s1. The molecule has 0 bridgehead atoms. The van der Waals surface area contributed by atoms with Gasteiger partial charge in [-0.3, -0.25) is 0 Å². The Kier molecular flexibility index (Phi) is 4.55. The van der Waals surface area contributed by atoms with Crippen LogP contribution in [0.15, 0.2) is 11.8 Å². The van der Waals surface area contributed by atoms with Gasteiger partial charge in [0.2, 0.25) is 0 Å². The highest BCUT2D eigenvalue weighted by Crippen LogP contribution is 2.43. The fourth-order valence-corrected chi connectivity index (χ4v) is 4.02. The maximum absolute atomic E-state index is 9.43. The number of fused-ring (bicyclic) bond motifs is 1. The second-order valence-corrected chi connectivity index (χ2v) is 7.66. The van der Waals surface area contributed by atoms with Crippen molar-refractivity contribution >= 4 is 16.3 Å². The first-order chi connectivity index (χ1) is 10.4. The minimum absolute atomic E-state index is 0.00262. The van der Waals surface area contributed by atoms with Gasteiger partial charge in [0.15, 0.2) is 0 Å². The van der Waals surface area contributed by atoms with E-state index in [2.05, 4.69) is 32.2 Å². The summed E-state index contributed by atoms with van der Waals surface area (Å²) in [6.45, 7) is 6.78. The summed E-state index contributed by atoms with van der Waals surface area (Å²) in [5.74, 6) is 0.613. The van der Waals surface area contributed by atoms with Crippen molar-refractivity contribution in [3.05, 3.63) is 27.8 Å². The van der Waals surface area contributed by atoms with E-state index >= 15 is 0 Å². The lowest BCUT2D eigenvalue weighted by molar-refractivity contribution is 0.218. The zero-order valence-electron chi connectivity index (χ0n) is 13.0. The van der Waals surface area contributed by atoms with Crippen LogP contribution in [0, 0.1) is 45.3 Å². The summed E-state index contributed by atoms with van der Waals surface area (Å²) in [6, 6.07) is 5.88. The molecular weight excluding hydrogens is 292 g/mol. The summed E-state index contributed by atoms with van der Waals surface area (Å²) in [5.41, 5.74) is 2.07. The van der Waals surface area contributed by atoms with Gasteiger partial charge in [-0.05, 0) is 36.2 Å². The lowest BCUT2D eigenvalue weighted by Gasteiger charge is -2.33. The van der Waals surface area contributed by atoms with E-state index in [-0.39, 0.29) is 11.0 Å². The number of thiophene rings is 1. The third-order valence-electron chi connectivity index (χ3n) is 4.19. The molecule has 1 aromatic heterocycles. The van der Waals surface area contributed by atoms with E-state index in [1.807, 2.05) is 12.1 Å². The molecule has 0 aliphatic heterocycles. The molecule has 0 radical (unpaired) electrons. The van der Waals surface area contributed by atoms with Gasteiger partial charge in [0, 0.05) is 11.1 Å². The predicted octanol–water partition coefficient (Wildman–Crippen LogP) is 4.11. The van der Waals surface area contributed by atoms with E-state index in [1.165, 1.54) is 11.1 Å². The highest BCUT2D eigenvalue weighted by atomic mass is 32.1. The maximum Gasteiger partial charge on any atom is 0.145 e. The van der Waals surface area contributed by atoms with Crippen LogP contribution in [0.25, 0.3) is 0 Å². The molecule has 4 nitrogen and oxygen atoms in total. The van der Waals surface area contributed by atoms with Crippen molar-refractivity contribution in [3.8, 4) is 18.2 Å². The van der Waals surface area contributed by atoms with Crippen LogP contribution in [0.5, 0.6) is 0 Å². The van der Waals surface area contributed by atoms with E-state index in [9.17, 15) is 5.26 Å². The summed E-state index contributed by atoms with van der Waals surface area (Å²) in [7, 11) is 0. The van der Waals surface area contributed by atoms with Gasteiger partial charge >= 0.3 is 0 Å². The number of nitriles is 3. The Balaban J connectivity index is 2.32. The number of nitrogens with zero attached hydrogens (tertiary/aromatic N) is 3. The van der Waals surface area contributed by atoms with Crippen LogP contribution in [0.2, 0.25) is 0 Å². The Hall–Kier alpha value is -2.29. The molecule has 1 aliphatic rings. The van der Waals surface area contributed by atoms with Crippen LogP contribution in [-0.2, 0) is 12.8 Å². The third kappa shape index (κ3) is 3.14. The minimum Gasteiger partial charge on any atom is -0.350 e. The second kappa shape index (κ2) is 6.22. The average Bonchev–Trinajstić information content (AvgIpc) is 2.83. The van der Waals surface area contributed by atoms with Crippen molar-refractivity contribution < 1.29 is 0 Å². The molecule has 1 heterocycles. The minimum atomic E-state index is 0.00262. The Morgan fingerprint density at radius 2 is 1.95 bits per heavy atom. The SMILES string of the molecule is CC(C)(C)[C@H]1CCc2c(sc(NC=C(C#N)C#N)c2C#N)C1. The molecule has 0 spiro atoms. The Morgan fingerprint density at radius 3 is 2.50 bits per heavy atom. The summed E-state index contributed by atoms with van der Waals surface area (Å²) >= 11 is 1.57. The van der Waals surface area contributed by atoms with Gasteiger partial charge in [0.05, 0.1) is 5.56 Å². The van der Waals surface area contributed by atoms with Crippen molar-refractivity contribution in [2.45, 2.75) is 40.0 Å². The first-order valence-corrected chi connectivity index (χ1v) is 8.04. The summed E-state index contributed by atoms with van der Waals surface area (Å²) < 4.78 is 0. The molecule has 1 aliphatic carbocycles. The first kappa shape index (κ1) is 16.1. The van der Waals surface area contributed by atoms with Gasteiger partial charge < -0.3 is 5.32 Å². The second-order valence-electron chi connectivity index (χ2n) is 6.55. The molecular formula is C17H18N4S. The lowest BCUT2D eigenvalue weighted by atomic mass is 9.72. The smallest absolute Gasteiger partial charge is 0.145 e. The lowest BCUT2D eigenvalue weighted by Crippen LogP contribution is -2.26. The molecule has 0 aromatic carbocycles. The number of nitrogens with one attached hydrogen (secondary N) is 1. The summed E-state index contributed by atoms with van der Waals surface area (Å²) in [6.07, 6.45) is 4.39. The fourth-order valence-electron chi connectivity index (χ4n) is 2.77. The van der Waals surface area contributed by atoms with Gasteiger partial charge in [-0.25, -0.2) is 0 Å². The molecule has 0 amide bonds. The van der Waals surface area contributed by atoms with Crippen molar-refractivity contribution in [1.82, 2.24) is 0 Å². The van der Waals surface area contributed by atoms with E-state index in [0.717, 1.165) is 29.8 Å². The van der Waals surface area contributed by atoms with Crippen LogP contribution in [0.1, 0.15) is 43.2 Å².